The molecule has 0 unspecified atom stereocenters. The largest absolute Gasteiger partial charge is 0.465 e. The van der Waals surface area contributed by atoms with Gasteiger partial charge in [-0.05, 0) is 50.5 Å². The van der Waals surface area contributed by atoms with Crippen molar-refractivity contribution >= 4 is 27.5 Å². The van der Waals surface area contributed by atoms with E-state index < -0.39 is 5.41 Å². The molecule has 0 bridgehead atoms. The lowest BCUT2D eigenvalue weighted by Gasteiger charge is -2.26. The maximum Gasteiger partial charge on any atom is 0.315 e. The van der Waals surface area contributed by atoms with Crippen molar-refractivity contribution in [3.8, 4) is 0 Å². The van der Waals surface area contributed by atoms with Gasteiger partial charge in [-0.15, -0.1) is 0 Å². The Morgan fingerprint density at radius 3 is 2.56 bits per heavy atom. The lowest BCUT2D eigenvalue weighted by Crippen LogP contribution is -2.32. The molecule has 2 nitrogen and oxygen atoms in total. The molecule has 1 aromatic rings. The first kappa shape index (κ1) is 15.0. The fourth-order valence-electron chi connectivity index (χ4n) is 1.90. The zero-order valence-electron chi connectivity index (χ0n) is 11.3. The molecule has 0 aliphatic carbocycles. The maximum absolute atomic E-state index is 12.1. The van der Waals surface area contributed by atoms with Crippen molar-refractivity contribution in [1.29, 1.82) is 0 Å². The van der Waals surface area contributed by atoms with Gasteiger partial charge in [-0.25, -0.2) is 0 Å². The Hall–Kier alpha value is -1.09. The van der Waals surface area contributed by atoms with Crippen LogP contribution in [0.15, 0.2) is 29.3 Å². The van der Waals surface area contributed by atoms with Gasteiger partial charge < -0.3 is 4.74 Å². The second-order valence-electron chi connectivity index (χ2n) is 4.79. The molecule has 1 aromatic carbocycles. The Balaban J connectivity index is 3.36. The predicted octanol–water partition coefficient (Wildman–Crippen LogP) is 4.32. The maximum atomic E-state index is 12.1. The van der Waals surface area contributed by atoms with Gasteiger partial charge in [0.15, 0.2) is 0 Å². The first-order chi connectivity index (χ1) is 8.32. The number of carbonyl (C=O) groups is 1. The summed E-state index contributed by atoms with van der Waals surface area (Å²) in [4.78, 5) is 12.1. The lowest BCUT2D eigenvalue weighted by molar-refractivity contribution is -0.148. The molecule has 0 aromatic heterocycles. The molecule has 0 spiro atoms. The summed E-state index contributed by atoms with van der Waals surface area (Å²) in [5, 5.41) is 0. The Morgan fingerprint density at radius 2 is 2.06 bits per heavy atom. The van der Waals surface area contributed by atoms with Crippen LogP contribution in [0.25, 0.3) is 5.57 Å². The highest BCUT2D eigenvalue weighted by atomic mass is 79.9. The van der Waals surface area contributed by atoms with Gasteiger partial charge in [0, 0.05) is 4.47 Å². The number of esters is 1. The van der Waals surface area contributed by atoms with Crippen LogP contribution in [0.1, 0.15) is 38.8 Å². The molecule has 98 valence electrons. The lowest BCUT2D eigenvalue weighted by atomic mass is 9.80. The molecular weight excluding hydrogens is 292 g/mol. The number of benzene rings is 1. The molecule has 0 heterocycles. The zero-order valence-corrected chi connectivity index (χ0v) is 12.9. The van der Waals surface area contributed by atoms with E-state index in [1.807, 2.05) is 45.9 Å². The molecule has 18 heavy (non-hydrogen) atoms. The second kappa shape index (κ2) is 5.70. The summed E-state index contributed by atoms with van der Waals surface area (Å²) in [6, 6.07) is 5.83. The van der Waals surface area contributed by atoms with Crippen LogP contribution in [0.2, 0.25) is 0 Å². The van der Waals surface area contributed by atoms with E-state index in [1.54, 1.807) is 0 Å². The van der Waals surface area contributed by atoms with E-state index in [2.05, 4.69) is 22.5 Å². The van der Waals surface area contributed by atoms with Gasteiger partial charge in [-0.1, -0.05) is 34.6 Å². The Labute approximate surface area is 117 Å². The molecule has 0 radical (unpaired) electrons. The van der Waals surface area contributed by atoms with E-state index in [-0.39, 0.29) is 5.97 Å². The molecule has 1 rings (SSSR count). The van der Waals surface area contributed by atoms with Gasteiger partial charge in [-0.2, -0.15) is 0 Å². The fraction of sp³-hybridized carbons (Fsp3) is 0.400. The average Bonchev–Trinajstić information content (AvgIpc) is 2.28. The van der Waals surface area contributed by atoms with Gasteiger partial charge in [0.25, 0.3) is 0 Å². The molecule has 0 aliphatic rings. The normalized spacial score (nSPS) is 11.2. The van der Waals surface area contributed by atoms with E-state index in [9.17, 15) is 4.79 Å². The summed E-state index contributed by atoms with van der Waals surface area (Å²) in [7, 11) is 0. The standard InChI is InChI=1S/C15H19BrO2/c1-6-18-14(17)15(4,5)11-8-7-9-12(16)13(11)10(2)3/h7-9H,2,6H2,1,3-5H3. The van der Waals surface area contributed by atoms with Crippen LogP contribution < -0.4 is 0 Å². The summed E-state index contributed by atoms with van der Waals surface area (Å²) in [5.74, 6) is -0.217. The van der Waals surface area contributed by atoms with Gasteiger partial charge in [0.1, 0.15) is 0 Å². The molecule has 0 aliphatic heterocycles. The van der Waals surface area contributed by atoms with Crippen LogP contribution in [0.5, 0.6) is 0 Å². The minimum absolute atomic E-state index is 0.217. The molecule has 0 N–H and O–H groups in total. The predicted molar refractivity (Wildman–Crippen MR) is 78.5 cm³/mol. The van der Waals surface area contributed by atoms with E-state index in [0.29, 0.717) is 6.61 Å². The van der Waals surface area contributed by atoms with Crippen LogP contribution >= 0.6 is 15.9 Å². The third-order valence-corrected chi connectivity index (χ3v) is 3.56. The van der Waals surface area contributed by atoms with Crippen molar-refractivity contribution in [3.63, 3.8) is 0 Å². The van der Waals surface area contributed by atoms with Crippen molar-refractivity contribution in [2.75, 3.05) is 6.61 Å². The van der Waals surface area contributed by atoms with Crippen molar-refractivity contribution in [2.24, 2.45) is 0 Å². The quantitative estimate of drug-likeness (QED) is 0.774. The monoisotopic (exact) mass is 310 g/mol. The Bertz CT molecular complexity index is 475. The summed E-state index contributed by atoms with van der Waals surface area (Å²) in [6.45, 7) is 11.9. The van der Waals surface area contributed by atoms with E-state index in [1.165, 1.54) is 0 Å². The molecule has 0 saturated heterocycles. The van der Waals surface area contributed by atoms with Crippen molar-refractivity contribution in [2.45, 2.75) is 33.1 Å². The van der Waals surface area contributed by atoms with E-state index in [4.69, 9.17) is 4.74 Å². The van der Waals surface area contributed by atoms with Crippen molar-refractivity contribution < 1.29 is 9.53 Å². The third kappa shape index (κ3) is 2.83. The fourth-order valence-corrected chi connectivity index (χ4v) is 2.60. The number of hydrogen-bond acceptors (Lipinski definition) is 2. The molecule has 0 atom stereocenters. The third-order valence-electron chi connectivity index (χ3n) is 2.90. The smallest absolute Gasteiger partial charge is 0.315 e. The molecule has 0 amide bonds. The van der Waals surface area contributed by atoms with Crippen LogP contribution in [0, 0.1) is 0 Å². The van der Waals surface area contributed by atoms with Gasteiger partial charge in [0.05, 0.1) is 12.0 Å². The number of ether oxygens (including phenoxy) is 1. The number of rotatable bonds is 4. The Kier molecular flexibility index (Phi) is 4.74. The summed E-state index contributed by atoms with van der Waals surface area (Å²) in [6.07, 6.45) is 0. The van der Waals surface area contributed by atoms with Gasteiger partial charge in [0.2, 0.25) is 0 Å². The summed E-state index contributed by atoms with van der Waals surface area (Å²) in [5.41, 5.74) is 2.15. The van der Waals surface area contributed by atoms with Gasteiger partial charge in [-0.3, -0.25) is 4.79 Å². The molecular formula is C15H19BrO2. The topological polar surface area (TPSA) is 26.3 Å². The first-order valence-corrected chi connectivity index (χ1v) is 6.73. The van der Waals surface area contributed by atoms with Crippen LogP contribution in [0.3, 0.4) is 0 Å². The second-order valence-corrected chi connectivity index (χ2v) is 5.64. The molecule has 0 saturated carbocycles. The number of halogens is 1. The van der Waals surface area contributed by atoms with Gasteiger partial charge >= 0.3 is 5.97 Å². The molecule has 0 fully saturated rings. The minimum atomic E-state index is -0.686. The highest BCUT2D eigenvalue weighted by molar-refractivity contribution is 9.10. The van der Waals surface area contributed by atoms with Crippen LogP contribution in [-0.2, 0) is 14.9 Å². The first-order valence-electron chi connectivity index (χ1n) is 5.94. The van der Waals surface area contributed by atoms with Crippen LogP contribution in [-0.4, -0.2) is 12.6 Å². The van der Waals surface area contributed by atoms with Crippen molar-refractivity contribution in [1.82, 2.24) is 0 Å². The average molecular weight is 311 g/mol. The highest BCUT2D eigenvalue weighted by Gasteiger charge is 2.34. The van der Waals surface area contributed by atoms with Crippen molar-refractivity contribution in [3.05, 3.63) is 40.4 Å². The number of allylic oxidation sites excluding steroid dienone is 1. The SMILES string of the molecule is C=C(C)c1c(Br)cccc1C(C)(C)C(=O)OCC. The summed E-state index contributed by atoms with van der Waals surface area (Å²) >= 11 is 3.52. The number of hydrogen-bond donors (Lipinski definition) is 0. The minimum Gasteiger partial charge on any atom is -0.465 e. The summed E-state index contributed by atoms with van der Waals surface area (Å²) < 4.78 is 6.10. The zero-order chi connectivity index (χ0) is 13.9. The Morgan fingerprint density at radius 1 is 1.44 bits per heavy atom. The highest BCUT2D eigenvalue weighted by Crippen LogP contribution is 2.35. The molecule has 3 heteroatoms. The van der Waals surface area contributed by atoms with Crippen LogP contribution in [0.4, 0.5) is 0 Å². The van der Waals surface area contributed by atoms with E-state index >= 15 is 0 Å². The van der Waals surface area contributed by atoms with E-state index in [0.717, 1.165) is 21.2 Å². The number of carbonyl (C=O) groups excluding carboxylic acids is 1.